The van der Waals surface area contributed by atoms with Gasteiger partial charge in [0.15, 0.2) is 0 Å². The molecule has 1 aromatic rings. The molecule has 1 fully saturated rings. The molecule has 112 valence electrons. The summed E-state index contributed by atoms with van der Waals surface area (Å²) in [6, 6.07) is 0.175. The van der Waals surface area contributed by atoms with E-state index in [0.29, 0.717) is 6.54 Å². The lowest BCUT2D eigenvalue weighted by Crippen LogP contribution is -2.37. The summed E-state index contributed by atoms with van der Waals surface area (Å²) >= 11 is 1.57. The normalized spacial score (nSPS) is 23.6. The minimum Gasteiger partial charge on any atom is -0.349 e. The summed E-state index contributed by atoms with van der Waals surface area (Å²) in [6.07, 6.45) is 3.83. The molecule has 5 nitrogen and oxygen atoms in total. The smallest absolute Gasteiger partial charge is 0.223 e. The number of rotatable bonds is 3. The molecule has 0 radical (unpaired) electrons. The third kappa shape index (κ3) is 3.99. The van der Waals surface area contributed by atoms with Crippen molar-refractivity contribution in [3.63, 3.8) is 0 Å². The zero-order chi connectivity index (χ0) is 14.8. The van der Waals surface area contributed by atoms with Gasteiger partial charge in [-0.25, -0.2) is 0 Å². The first-order chi connectivity index (χ1) is 9.36. The second kappa shape index (κ2) is 6.18. The molecule has 0 saturated heterocycles. The highest BCUT2D eigenvalue weighted by atomic mass is 32.1. The van der Waals surface area contributed by atoms with Crippen molar-refractivity contribution in [2.45, 2.75) is 64.5 Å². The fourth-order valence-electron chi connectivity index (χ4n) is 2.40. The van der Waals surface area contributed by atoms with E-state index < -0.39 is 0 Å². The average molecular weight is 296 g/mol. The van der Waals surface area contributed by atoms with Crippen LogP contribution >= 0.6 is 11.3 Å². The van der Waals surface area contributed by atoms with Crippen LogP contribution in [0.3, 0.4) is 0 Å². The van der Waals surface area contributed by atoms with Crippen molar-refractivity contribution in [2.75, 3.05) is 0 Å². The number of nitrogens with zero attached hydrogens (tertiary/aromatic N) is 2. The van der Waals surface area contributed by atoms with Crippen LogP contribution in [0, 0.1) is 5.92 Å². The standard InChI is InChI=1S/C14H24N4OS/c1-14(2,3)13-18-17-11(20-13)8-16-12(19)9-5-4-6-10(15)7-9/h9-10H,4-8,15H2,1-3H3,(H,16,19). The maximum absolute atomic E-state index is 12.1. The molecule has 2 atom stereocenters. The second-order valence-corrected chi connectivity index (χ2v) is 7.65. The van der Waals surface area contributed by atoms with E-state index in [1.807, 2.05) is 0 Å². The molecule has 1 aliphatic carbocycles. The number of hydrogen-bond donors (Lipinski definition) is 2. The van der Waals surface area contributed by atoms with Crippen LogP contribution < -0.4 is 11.1 Å². The molecule has 1 amide bonds. The number of nitrogens with two attached hydrogens (primary N) is 1. The van der Waals surface area contributed by atoms with Gasteiger partial charge in [-0.2, -0.15) is 0 Å². The van der Waals surface area contributed by atoms with Gasteiger partial charge in [0.05, 0.1) is 6.54 Å². The maximum Gasteiger partial charge on any atom is 0.223 e. The van der Waals surface area contributed by atoms with Gasteiger partial charge in [-0.3, -0.25) is 4.79 Å². The summed E-state index contributed by atoms with van der Waals surface area (Å²) in [5.41, 5.74) is 5.93. The Balaban J connectivity index is 1.85. The Kier molecular flexibility index (Phi) is 4.75. The van der Waals surface area contributed by atoms with E-state index >= 15 is 0 Å². The van der Waals surface area contributed by atoms with E-state index in [9.17, 15) is 4.79 Å². The van der Waals surface area contributed by atoms with Crippen molar-refractivity contribution in [1.82, 2.24) is 15.5 Å². The highest BCUT2D eigenvalue weighted by Gasteiger charge is 2.25. The molecule has 6 heteroatoms. The first kappa shape index (κ1) is 15.4. The van der Waals surface area contributed by atoms with Crippen molar-refractivity contribution in [2.24, 2.45) is 11.7 Å². The quantitative estimate of drug-likeness (QED) is 0.893. The molecule has 2 rings (SSSR count). The lowest BCUT2D eigenvalue weighted by molar-refractivity contribution is -0.126. The molecule has 1 aromatic heterocycles. The molecule has 1 heterocycles. The summed E-state index contributed by atoms with van der Waals surface area (Å²) in [7, 11) is 0. The van der Waals surface area contributed by atoms with Crippen LogP contribution in [0.1, 0.15) is 56.5 Å². The first-order valence-corrected chi connectivity index (χ1v) is 8.04. The van der Waals surface area contributed by atoms with Crippen molar-refractivity contribution in [3.05, 3.63) is 10.0 Å². The minimum atomic E-state index is 0.00999. The Morgan fingerprint density at radius 3 is 2.75 bits per heavy atom. The lowest BCUT2D eigenvalue weighted by atomic mass is 9.85. The van der Waals surface area contributed by atoms with Gasteiger partial charge in [-0.05, 0) is 19.3 Å². The predicted molar refractivity (Wildman–Crippen MR) is 80.4 cm³/mol. The van der Waals surface area contributed by atoms with E-state index in [4.69, 9.17) is 5.73 Å². The van der Waals surface area contributed by atoms with Crippen LogP contribution in [0.25, 0.3) is 0 Å². The van der Waals surface area contributed by atoms with Crippen molar-refractivity contribution in [3.8, 4) is 0 Å². The van der Waals surface area contributed by atoms with Crippen LogP contribution in [-0.4, -0.2) is 22.1 Å². The number of carbonyl (C=O) groups excluding carboxylic acids is 1. The van der Waals surface area contributed by atoms with E-state index in [0.717, 1.165) is 35.7 Å². The van der Waals surface area contributed by atoms with Gasteiger partial charge < -0.3 is 11.1 Å². The van der Waals surface area contributed by atoms with E-state index in [2.05, 4.69) is 36.3 Å². The summed E-state index contributed by atoms with van der Waals surface area (Å²) in [6.45, 7) is 6.80. The zero-order valence-corrected chi connectivity index (χ0v) is 13.3. The van der Waals surface area contributed by atoms with Gasteiger partial charge in [0.25, 0.3) is 0 Å². The number of hydrogen-bond acceptors (Lipinski definition) is 5. The van der Waals surface area contributed by atoms with Crippen molar-refractivity contribution in [1.29, 1.82) is 0 Å². The van der Waals surface area contributed by atoms with E-state index in [-0.39, 0.29) is 23.3 Å². The Bertz CT molecular complexity index is 466. The monoisotopic (exact) mass is 296 g/mol. The number of aromatic nitrogens is 2. The molecule has 0 aliphatic heterocycles. The van der Waals surface area contributed by atoms with Gasteiger partial charge in [0, 0.05) is 17.4 Å². The lowest BCUT2D eigenvalue weighted by Gasteiger charge is -2.25. The summed E-state index contributed by atoms with van der Waals surface area (Å²) < 4.78 is 0. The van der Waals surface area contributed by atoms with Gasteiger partial charge in [-0.1, -0.05) is 38.5 Å². The Labute approximate surface area is 124 Å². The molecular weight excluding hydrogens is 272 g/mol. The Morgan fingerprint density at radius 1 is 1.40 bits per heavy atom. The van der Waals surface area contributed by atoms with E-state index in [1.54, 1.807) is 11.3 Å². The third-order valence-corrected chi connectivity index (χ3v) is 4.96. The zero-order valence-electron chi connectivity index (χ0n) is 12.5. The van der Waals surface area contributed by atoms with Gasteiger partial charge >= 0.3 is 0 Å². The number of carbonyl (C=O) groups is 1. The maximum atomic E-state index is 12.1. The molecule has 0 aromatic carbocycles. The summed E-state index contributed by atoms with van der Waals surface area (Å²) in [4.78, 5) is 12.1. The number of nitrogens with one attached hydrogen (secondary N) is 1. The SMILES string of the molecule is CC(C)(C)c1nnc(CNC(=O)C2CCCC(N)C2)s1. The highest BCUT2D eigenvalue weighted by molar-refractivity contribution is 7.11. The van der Waals surface area contributed by atoms with Crippen molar-refractivity contribution >= 4 is 17.2 Å². The predicted octanol–water partition coefficient (Wildman–Crippen LogP) is 1.97. The Hall–Kier alpha value is -1.01. The molecule has 3 N–H and O–H groups in total. The topological polar surface area (TPSA) is 80.9 Å². The largest absolute Gasteiger partial charge is 0.349 e. The molecule has 20 heavy (non-hydrogen) atoms. The summed E-state index contributed by atoms with van der Waals surface area (Å²) in [5.74, 6) is 0.168. The molecule has 1 saturated carbocycles. The van der Waals surface area contributed by atoms with E-state index in [1.165, 1.54) is 0 Å². The third-order valence-electron chi connectivity index (χ3n) is 3.61. The second-order valence-electron chi connectivity index (χ2n) is 6.59. The van der Waals surface area contributed by atoms with Gasteiger partial charge in [0.2, 0.25) is 5.91 Å². The molecule has 0 bridgehead atoms. The van der Waals surface area contributed by atoms with Crippen LogP contribution in [0.5, 0.6) is 0 Å². The number of amides is 1. The molecule has 1 aliphatic rings. The average Bonchev–Trinajstić information content (AvgIpc) is 2.84. The minimum absolute atomic E-state index is 0.00999. The fourth-order valence-corrected chi connectivity index (χ4v) is 3.24. The van der Waals surface area contributed by atoms with Crippen LogP contribution in [0.15, 0.2) is 0 Å². The highest BCUT2D eigenvalue weighted by Crippen LogP contribution is 2.26. The molecule has 0 spiro atoms. The fraction of sp³-hybridized carbons (Fsp3) is 0.786. The van der Waals surface area contributed by atoms with Gasteiger partial charge in [-0.15, -0.1) is 10.2 Å². The summed E-state index contributed by atoms with van der Waals surface area (Å²) in [5, 5.41) is 13.2. The van der Waals surface area contributed by atoms with Crippen LogP contribution in [0.4, 0.5) is 0 Å². The van der Waals surface area contributed by atoms with Crippen molar-refractivity contribution < 1.29 is 4.79 Å². The molecular formula is C14H24N4OS. The van der Waals surface area contributed by atoms with Crippen LogP contribution in [-0.2, 0) is 16.8 Å². The first-order valence-electron chi connectivity index (χ1n) is 7.22. The van der Waals surface area contributed by atoms with Crippen LogP contribution in [0.2, 0.25) is 0 Å². The Morgan fingerprint density at radius 2 is 2.15 bits per heavy atom. The molecule has 2 unspecified atom stereocenters. The van der Waals surface area contributed by atoms with Gasteiger partial charge in [0.1, 0.15) is 10.0 Å².